The van der Waals surface area contributed by atoms with Gasteiger partial charge in [-0.3, -0.25) is 4.90 Å². The standard InChI is InChI=1S/C14H15N5O3/c1-9-15-14(18-21-9)13-8-20-5-4-19(13)7-10-2-3-11-12(6-10)17-22-16-11/h2-3,6,13H,4-5,7-8H2,1H3/t13-/m0/s1. The zero-order valence-corrected chi connectivity index (χ0v) is 12.1. The van der Waals surface area contributed by atoms with Crippen LogP contribution in [-0.4, -0.2) is 45.1 Å². The molecule has 22 heavy (non-hydrogen) atoms. The van der Waals surface area contributed by atoms with Crippen LogP contribution in [0, 0.1) is 6.92 Å². The van der Waals surface area contributed by atoms with E-state index in [1.54, 1.807) is 6.92 Å². The number of ether oxygens (including phenoxy) is 1. The van der Waals surface area contributed by atoms with Gasteiger partial charge in [0.05, 0.1) is 19.3 Å². The lowest BCUT2D eigenvalue weighted by atomic mass is 10.1. The van der Waals surface area contributed by atoms with Crippen LogP contribution >= 0.6 is 0 Å². The number of hydrogen-bond donors (Lipinski definition) is 0. The van der Waals surface area contributed by atoms with Gasteiger partial charge in [0.2, 0.25) is 5.89 Å². The van der Waals surface area contributed by atoms with Gasteiger partial charge in [-0.2, -0.15) is 4.98 Å². The molecule has 2 aromatic heterocycles. The highest BCUT2D eigenvalue weighted by molar-refractivity contribution is 5.73. The molecular weight excluding hydrogens is 286 g/mol. The number of aromatic nitrogens is 4. The molecule has 1 aliphatic rings. The average Bonchev–Trinajstić information content (AvgIpc) is 3.16. The first kappa shape index (κ1) is 13.4. The summed E-state index contributed by atoms with van der Waals surface area (Å²) in [5.74, 6) is 1.23. The third-order valence-corrected chi connectivity index (χ3v) is 3.78. The number of fused-ring (bicyclic) bond motifs is 1. The minimum Gasteiger partial charge on any atom is -0.378 e. The lowest BCUT2D eigenvalue weighted by Crippen LogP contribution is -2.39. The molecular formula is C14H15N5O3. The molecule has 1 atom stereocenters. The largest absolute Gasteiger partial charge is 0.378 e. The Morgan fingerprint density at radius 1 is 1.23 bits per heavy atom. The quantitative estimate of drug-likeness (QED) is 0.718. The van der Waals surface area contributed by atoms with E-state index in [0.717, 1.165) is 29.7 Å². The van der Waals surface area contributed by atoms with Crippen LogP contribution in [0.4, 0.5) is 0 Å². The van der Waals surface area contributed by atoms with Crippen molar-refractivity contribution in [3.63, 3.8) is 0 Å². The summed E-state index contributed by atoms with van der Waals surface area (Å²) in [5.41, 5.74) is 2.66. The fourth-order valence-electron chi connectivity index (χ4n) is 2.68. The molecule has 3 heterocycles. The van der Waals surface area contributed by atoms with Crippen molar-refractivity contribution in [2.24, 2.45) is 0 Å². The van der Waals surface area contributed by atoms with Crippen LogP contribution in [0.15, 0.2) is 27.4 Å². The molecule has 1 fully saturated rings. The van der Waals surface area contributed by atoms with Gasteiger partial charge in [0.15, 0.2) is 5.82 Å². The second kappa shape index (κ2) is 5.47. The monoisotopic (exact) mass is 301 g/mol. The van der Waals surface area contributed by atoms with E-state index in [9.17, 15) is 0 Å². The third-order valence-electron chi connectivity index (χ3n) is 3.78. The minimum atomic E-state index is -0.00247. The summed E-state index contributed by atoms with van der Waals surface area (Å²) in [6.45, 7) is 4.61. The van der Waals surface area contributed by atoms with Gasteiger partial charge in [0.1, 0.15) is 11.0 Å². The number of nitrogens with zero attached hydrogens (tertiary/aromatic N) is 5. The van der Waals surface area contributed by atoms with Gasteiger partial charge in [-0.1, -0.05) is 11.2 Å². The van der Waals surface area contributed by atoms with E-state index < -0.39 is 0 Å². The fraction of sp³-hybridized carbons (Fsp3) is 0.429. The molecule has 8 nitrogen and oxygen atoms in total. The maximum Gasteiger partial charge on any atom is 0.223 e. The summed E-state index contributed by atoms with van der Waals surface area (Å²) < 4.78 is 15.4. The summed E-state index contributed by atoms with van der Waals surface area (Å²) in [6.07, 6.45) is 0. The number of hydrogen-bond acceptors (Lipinski definition) is 8. The van der Waals surface area contributed by atoms with Crippen molar-refractivity contribution in [2.75, 3.05) is 19.8 Å². The summed E-state index contributed by atoms with van der Waals surface area (Å²) in [6, 6.07) is 5.92. The maximum absolute atomic E-state index is 5.57. The first-order valence-corrected chi connectivity index (χ1v) is 7.13. The van der Waals surface area contributed by atoms with E-state index in [1.807, 2.05) is 18.2 Å². The van der Waals surface area contributed by atoms with Crippen molar-refractivity contribution in [3.8, 4) is 0 Å². The molecule has 8 heteroatoms. The average molecular weight is 301 g/mol. The van der Waals surface area contributed by atoms with Gasteiger partial charge in [0, 0.05) is 20.0 Å². The zero-order valence-electron chi connectivity index (χ0n) is 12.1. The third kappa shape index (κ3) is 2.46. The number of rotatable bonds is 3. The number of benzene rings is 1. The molecule has 0 spiro atoms. The van der Waals surface area contributed by atoms with Gasteiger partial charge in [-0.25, -0.2) is 4.63 Å². The van der Waals surface area contributed by atoms with E-state index in [1.165, 1.54) is 0 Å². The van der Waals surface area contributed by atoms with Crippen molar-refractivity contribution >= 4 is 11.0 Å². The van der Waals surface area contributed by atoms with Crippen LogP contribution in [0.25, 0.3) is 11.0 Å². The molecule has 1 saturated heterocycles. The first-order chi connectivity index (χ1) is 10.8. The second-order valence-corrected chi connectivity index (χ2v) is 5.32. The Morgan fingerprint density at radius 2 is 2.14 bits per heavy atom. The molecule has 0 radical (unpaired) electrons. The van der Waals surface area contributed by atoms with Crippen LogP contribution in [0.2, 0.25) is 0 Å². The van der Waals surface area contributed by atoms with Crippen LogP contribution in [0.3, 0.4) is 0 Å². The number of aryl methyl sites for hydroxylation is 1. The van der Waals surface area contributed by atoms with Crippen LogP contribution < -0.4 is 0 Å². The van der Waals surface area contributed by atoms with Crippen LogP contribution in [0.1, 0.15) is 23.3 Å². The summed E-state index contributed by atoms with van der Waals surface area (Å²) in [5, 5.41) is 11.7. The Morgan fingerprint density at radius 3 is 3.00 bits per heavy atom. The predicted octanol–water partition coefficient (Wildman–Crippen LogP) is 1.49. The molecule has 1 aliphatic heterocycles. The lowest BCUT2D eigenvalue weighted by molar-refractivity contribution is -0.0166. The first-order valence-electron chi connectivity index (χ1n) is 7.13. The molecule has 0 amide bonds. The van der Waals surface area contributed by atoms with E-state index in [2.05, 4.69) is 25.4 Å². The lowest BCUT2D eigenvalue weighted by Gasteiger charge is -2.33. The van der Waals surface area contributed by atoms with Gasteiger partial charge >= 0.3 is 0 Å². The van der Waals surface area contributed by atoms with Crippen molar-refractivity contribution in [1.29, 1.82) is 0 Å². The Bertz CT molecular complexity index is 783. The number of morpholine rings is 1. The molecule has 0 N–H and O–H groups in total. The molecule has 0 saturated carbocycles. The summed E-state index contributed by atoms with van der Waals surface area (Å²) in [4.78, 5) is 6.61. The zero-order chi connectivity index (χ0) is 14.9. The Kier molecular flexibility index (Phi) is 3.32. The Balaban J connectivity index is 1.58. The molecule has 0 aliphatic carbocycles. The molecule has 4 rings (SSSR count). The Hall–Kier alpha value is -2.32. The van der Waals surface area contributed by atoms with E-state index in [-0.39, 0.29) is 6.04 Å². The van der Waals surface area contributed by atoms with Crippen molar-refractivity contribution < 1.29 is 13.9 Å². The van der Waals surface area contributed by atoms with Crippen molar-refractivity contribution in [3.05, 3.63) is 35.5 Å². The molecule has 114 valence electrons. The van der Waals surface area contributed by atoms with E-state index in [0.29, 0.717) is 24.9 Å². The maximum atomic E-state index is 5.57. The molecule has 1 aromatic carbocycles. The summed E-state index contributed by atoms with van der Waals surface area (Å²) in [7, 11) is 0. The predicted molar refractivity (Wildman–Crippen MR) is 74.8 cm³/mol. The smallest absolute Gasteiger partial charge is 0.223 e. The Labute approximate surface area is 126 Å². The molecule has 0 unspecified atom stereocenters. The van der Waals surface area contributed by atoms with Crippen LogP contribution in [-0.2, 0) is 11.3 Å². The van der Waals surface area contributed by atoms with Gasteiger partial charge in [-0.15, -0.1) is 0 Å². The van der Waals surface area contributed by atoms with Gasteiger partial charge in [0.25, 0.3) is 0 Å². The SMILES string of the molecule is Cc1nc([C@@H]2COCCN2Cc2ccc3nonc3c2)no1. The van der Waals surface area contributed by atoms with Crippen molar-refractivity contribution in [2.45, 2.75) is 19.5 Å². The minimum absolute atomic E-state index is 0.00247. The van der Waals surface area contributed by atoms with E-state index >= 15 is 0 Å². The van der Waals surface area contributed by atoms with Crippen molar-refractivity contribution in [1.82, 2.24) is 25.4 Å². The van der Waals surface area contributed by atoms with Gasteiger partial charge in [-0.05, 0) is 28.0 Å². The highest BCUT2D eigenvalue weighted by Gasteiger charge is 2.28. The van der Waals surface area contributed by atoms with Gasteiger partial charge < -0.3 is 9.26 Å². The normalized spacial score (nSPS) is 19.8. The van der Waals surface area contributed by atoms with Crippen LogP contribution in [0.5, 0.6) is 0 Å². The molecule has 0 bridgehead atoms. The highest BCUT2D eigenvalue weighted by atomic mass is 16.6. The molecule has 3 aromatic rings. The summed E-state index contributed by atoms with van der Waals surface area (Å²) >= 11 is 0. The topological polar surface area (TPSA) is 90.3 Å². The van der Waals surface area contributed by atoms with E-state index in [4.69, 9.17) is 13.9 Å². The highest BCUT2D eigenvalue weighted by Crippen LogP contribution is 2.24. The second-order valence-electron chi connectivity index (χ2n) is 5.32. The fourth-order valence-corrected chi connectivity index (χ4v) is 2.68.